The molecule has 0 saturated carbocycles. The maximum absolute atomic E-state index is 10.9. The highest BCUT2D eigenvalue weighted by atomic mass is 16.1. The van der Waals surface area contributed by atoms with Crippen molar-refractivity contribution in [2.45, 2.75) is 6.92 Å². The van der Waals surface area contributed by atoms with Crippen LogP contribution in [0.2, 0.25) is 0 Å². The fourth-order valence-electron chi connectivity index (χ4n) is 1.86. The first kappa shape index (κ1) is 10.5. The molecule has 0 saturated heterocycles. The molecule has 0 aliphatic carbocycles. The van der Waals surface area contributed by atoms with Gasteiger partial charge in [0.05, 0.1) is 0 Å². The third-order valence-electron chi connectivity index (χ3n) is 2.60. The molecule has 2 rings (SSSR count). The highest BCUT2D eigenvalue weighted by molar-refractivity contribution is 5.99. The molecule has 0 spiro atoms. The summed E-state index contributed by atoms with van der Waals surface area (Å²) in [5.74, 6) is -0.417. The summed E-state index contributed by atoms with van der Waals surface area (Å²) in [6, 6.07) is 7.98. The number of anilines is 1. The van der Waals surface area contributed by atoms with Crippen LogP contribution < -0.4 is 10.6 Å². The monoisotopic (exact) mass is 214 g/mol. The summed E-state index contributed by atoms with van der Waals surface area (Å²) < 4.78 is 0. The normalized spacial score (nSPS) is 16.3. The SMILES string of the molecule is CCN1C=C/C(=C/C(N)=O)c2ccccc21. The number of hydrogen-bond donors (Lipinski definition) is 1. The first-order valence-electron chi connectivity index (χ1n) is 5.27. The van der Waals surface area contributed by atoms with Crippen LogP contribution in [0.15, 0.2) is 42.6 Å². The summed E-state index contributed by atoms with van der Waals surface area (Å²) in [4.78, 5) is 13.1. The highest BCUT2D eigenvalue weighted by Gasteiger charge is 2.14. The topological polar surface area (TPSA) is 46.3 Å². The molecular weight excluding hydrogens is 200 g/mol. The smallest absolute Gasteiger partial charge is 0.242 e. The van der Waals surface area contributed by atoms with Gasteiger partial charge in [0, 0.05) is 30.1 Å². The highest BCUT2D eigenvalue weighted by Crippen LogP contribution is 2.32. The minimum atomic E-state index is -0.417. The summed E-state index contributed by atoms with van der Waals surface area (Å²) in [5, 5.41) is 0. The second kappa shape index (κ2) is 4.23. The number of nitrogens with two attached hydrogens (primary N) is 1. The second-order valence-electron chi connectivity index (χ2n) is 3.62. The predicted octanol–water partition coefficient (Wildman–Crippen LogP) is 1.91. The van der Waals surface area contributed by atoms with Crippen LogP contribution in [-0.4, -0.2) is 12.5 Å². The number of amides is 1. The van der Waals surface area contributed by atoms with E-state index in [1.54, 1.807) is 0 Å². The van der Waals surface area contributed by atoms with Gasteiger partial charge in [0.25, 0.3) is 0 Å². The number of allylic oxidation sites excluding steroid dienone is 2. The maximum atomic E-state index is 10.9. The molecule has 3 heteroatoms. The fraction of sp³-hybridized carbons (Fsp3) is 0.154. The van der Waals surface area contributed by atoms with Crippen molar-refractivity contribution in [3.05, 3.63) is 48.2 Å². The van der Waals surface area contributed by atoms with E-state index in [2.05, 4.69) is 11.8 Å². The molecule has 0 unspecified atom stereocenters. The second-order valence-corrected chi connectivity index (χ2v) is 3.62. The van der Waals surface area contributed by atoms with E-state index in [0.29, 0.717) is 0 Å². The Labute approximate surface area is 94.9 Å². The van der Waals surface area contributed by atoms with E-state index >= 15 is 0 Å². The van der Waals surface area contributed by atoms with Crippen LogP contribution in [0, 0.1) is 0 Å². The number of para-hydroxylation sites is 1. The molecule has 2 N–H and O–H groups in total. The summed E-state index contributed by atoms with van der Waals surface area (Å²) in [6.45, 7) is 2.99. The van der Waals surface area contributed by atoms with Crippen molar-refractivity contribution in [2.75, 3.05) is 11.4 Å². The molecule has 16 heavy (non-hydrogen) atoms. The third kappa shape index (κ3) is 1.84. The molecule has 3 nitrogen and oxygen atoms in total. The Morgan fingerprint density at radius 2 is 2.19 bits per heavy atom. The van der Waals surface area contributed by atoms with Crippen molar-refractivity contribution in [1.29, 1.82) is 0 Å². The van der Waals surface area contributed by atoms with Gasteiger partial charge in [-0.1, -0.05) is 18.2 Å². The molecule has 0 fully saturated rings. The van der Waals surface area contributed by atoms with Gasteiger partial charge in [-0.3, -0.25) is 4.79 Å². The summed E-state index contributed by atoms with van der Waals surface area (Å²) in [5.41, 5.74) is 8.21. The van der Waals surface area contributed by atoms with E-state index in [-0.39, 0.29) is 0 Å². The van der Waals surface area contributed by atoms with E-state index in [0.717, 1.165) is 23.4 Å². The lowest BCUT2D eigenvalue weighted by molar-refractivity contribution is -0.113. The number of carbonyl (C=O) groups is 1. The van der Waals surface area contributed by atoms with Gasteiger partial charge in [0.1, 0.15) is 0 Å². The van der Waals surface area contributed by atoms with Crippen LogP contribution in [0.5, 0.6) is 0 Å². The van der Waals surface area contributed by atoms with Crippen LogP contribution in [0.4, 0.5) is 5.69 Å². The summed E-state index contributed by atoms with van der Waals surface area (Å²) >= 11 is 0. The van der Waals surface area contributed by atoms with E-state index in [9.17, 15) is 4.79 Å². The zero-order chi connectivity index (χ0) is 11.5. The van der Waals surface area contributed by atoms with E-state index in [1.807, 2.05) is 36.5 Å². The van der Waals surface area contributed by atoms with Crippen LogP contribution in [-0.2, 0) is 4.79 Å². The molecule has 1 heterocycles. The van der Waals surface area contributed by atoms with Gasteiger partial charge in [-0.2, -0.15) is 0 Å². The zero-order valence-electron chi connectivity index (χ0n) is 9.18. The minimum Gasteiger partial charge on any atom is -0.366 e. The lowest BCUT2D eigenvalue weighted by Gasteiger charge is -2.26. The molecule has 0 atom stereocenters. The number of nitrogens with zero attached hydrogens (tertiary/aromatic N) is 1. The maximum Gasteiger partial charge on any atom is 0.242 e. The van der Waals surface area contributed by atoms with E-state index in [4.69, 9.17) is 5.73 Å². The van der Waals surface area contributed by atoms with Gasteiger partial charge in [-0.05, 0) is 24.6 Å². The Morgan fingerprint density at radius 3 is 2.88 bits per heavy atom. The van der Waals surface area contributed by atoms with Crippen LogP contribution >= 0.6 is 0 Å². The minimum absolute atomic E-state index is 0.417. The Bertz CT molecular complexity index is 475. The Hall–Kier alpha value is -2.03. The van der Waals surface area contributed by atoms with Gasteiger partial charge < -0.3 is 10.6 Å². The molecule has 1 amide bonds. The van der Waals surface area contributed by atoms with E-state index < -0.39 is 5.91 Å². The average Bonchev–Trinajstić information content (AvgIpc) is 2.29. The lowest BCUT2D eigenvalue weighted by atomic mass is 9.99. The number of primary amides is 1. The third-order valence-corrected chi connectivity index (χ3v) is 2.60. The Balaban J connectivity index is 2.52. The predicted molar refractivity (Wildman–Crippen MR) is 65.8 cm³/mol. The molecule has 1 aliphatic heterocycles. The molecule has 82 valence electrons. The quantitative estimate of drug-likeness (QED) is 0.764. The number of fused-ring (bicyclic) bond motifs is 1. The molecule has 0 bridgehead atoms. The van der Waals surface area contributed by atoms with Gasteiger partial charge in [0.15, 0.2) is 0 Å². The van der Waals surface area contributed by atoms with Gasteiger partial charge in [0.2, 0.25) is 5.91 Å². The standard InChI is InChI=1S/C13H14N2O/c1-2-15-8-7-10(9-13(14)16)11-5-3-4-6-12(11)15/h3-9H,2H2,1H3,(H2,14,16)/b10-9-. The van der Waals surface area contributed by atoms with Crippen molar-refractivity contribution in [3.63, 3.8) is 0 Å². The van der Waals surface area contributed by atoms with Crippen LogP contribution in [0.1, 0.15) is 12.5 Å². The first-order chi connectivity index (χ1) is 7.72. The number of benzene rings is 1. The summed E-state index contributed by atoms with van der Waals surface area (Å²) in [6.07, 6.45) is 5.34. The fourth-order valence-corrected chi connectivity index (χ4v) is 1.86. The van der Waals surface area contributed by atoms with Crippen molar-refractivity contribution in [1.82, 2.24) is 0 Å². The van der Waals surface area contributed by atoms with Crippen molar-refractivity contribution in [2.24, 2.45) is 5.73 Å². The average molecular weight is 214 g/mol. The zero-order valence-corrected chi connectivity index (χ0v) is 9.18. The molecule has 1 aliphatic rings. The number of carbonyl (C=O) groups excluding carboxylic acids is 1. The molecule has 1 aromatic carbocycles. The van der Waals surface area contributed by atoms with E-state index in [1.165, 1.54) is 6.08 Å². The Kier molecular flexibility index (Phi) is 2.77. The molecular formula is C13H14N2O. The van der Waals surface area contributed by atoms with Crippen molar-refractivity contribution >= 4 is 17.2 Å². The largest absolute Gasteiger partial charge is 0.366 e. The first-order valence-corrected chi connectivity index (χ1v) is 5.27. The summed E-state index contributed by atoms with van der Waals surface area (Å²) in [7, 11) is 0. The van der Waals surface area contributed by atoms with Crippen molar-refractivity contribution in [3.8, 4) is 0 Å². The number of hydrogen-bond acceptors (Lipinski definition) is 2. The van der Waals surface area contributed by atoms with Crippen LogP contribution in [0.25, 0.3) is 5.57 Å². The lowest BCUT2D eigenvalue weighted by Crippen LogP contribution is -2.19. The Morgan fingerprint density at radius 1 is 1.44 bits per heavy atom. The van der Waals surface area contributed by atoms with Gasteiger partial charge in [-0.25, -0.2) is 0 Å². The van der Waals surface area contributed by atoms with Gasteiger partial charge in [-0.15, -0.1) is 0 Å². The molecule has 0 aromatic heterocycles. The van der Waals surface area contributed by atoms with Crippen molar-refractivity contribution < 1.29 is 4.79 Å². The van der Waals surface area contributed by atoms with Crippen LogP contribution in [0.3, 0.4) is 0 Å². The molecule has 0 radical (unpaired) electrons. The molecule has 1 aromatic rings. The number of rotatable bonds is 2. The van der Waals surface area contributed by atoms with Gasteiger partial charge >= 0.3 is 0 Å².